The molecule has 0 fully saturated rings. The molecule has 0 spiro atoms. The smallest absolute Gasteiger partial charge is 0.0458 e. The second-order valence-corrected chi connectivity index (χ2v) is 7.93. The fraction of sp³-hybridized carbons (Fsp3) is 0.440. The third-order valence-corrected chi connectivity index (χ3v) is 5.10. The molecule has 0 heterocycles. The number of unbranched alkanes of at least 4 members (excludes halogenated alkanes) is 1. The highest BCUT2D eigenvalue weighted by Gasteiger charge is 2.19. The number of benzene rings is 2. The van der Waals surface area contributed by atoms with Crippen LogP contribution in [0.2, 0.25) is 0 Å². The van der Waals surface area contributed by atoms with Crippen LogP contribution in [0.4, 0.5) is 17.1 Å². The molecule has 0 saturated carbocycles. The number of rotatable bonds is 8. The van der Waals surface area contributed by atoms with E-state index in [0.717, 1.165) is 6.54 Å². The zero-order valence-electron chi connectivity index (χ0n) is 18.2. The van der Waals surface area contributed by atoms with Gasteiger partial charge in [-0.1, -0.05) is 57.0 Å². The molecule has 2 aromatic rings. The first-order valence-corrected chi connectivity index (χ1v) is 10.2. The van der Waals surface area contributed by atoms with E-state index in [9.17, 15) is 0 Å². The van der Waals surface area contributed by atoms with Crippen LogP contribution in [0.3, 0.4) is 0 Å². The maximum Gasteiger partial charge on any atom is 0.0458 e. The molecule has 2 nitrogen and oxygen atoms in total. The van der Waals surface area contributed by atoms with E-state index in [4.69, 9.17) is 0 Å². The van der Waals surface area contributed by atoms with E-state index in [-0.39, 0.29) is 0 Å². The van der Waals surface area contributed by atoms with Gasteiger partial charge in [-0.25, -0.2) is 0 Å². The SMILES string of the molecule is CCCCN(C(=C(C)C)C(C)C)c1cccc(Nc2ccccc2C)c1C. The summed E-state index contributed by atoms with van der Waals surface area (Å²) in [6.45, 7) is 16.8. The monoisotopic (exact) mass is 364 g/mol. The topological polar surface area (TPSA) is 15.3 Å². The Bertz CT molecular complexity index is 783. The normalized spacial score (nSPS) is 10.8. The van der Waals surface area contributed by atoms with Crippen LogP contribution >= 0.6 is 0 Å². The van der Waals surface area contributed by atoms with Crippen LogP contribution in [0.5, 0.6) is 0 Å². The van der Waals surface area contributed by atoms with E-state index in [1.165, 1.54) is 52.3 Å². The summed E-state index contributed by atoms with van der Waals surface area (Å²) in [6.07, 6.45) is 2.39. The first-order valence-electron chi connectivity index (χ1n) is 10.2. The van der Waals surface area contributed by atoms with Crippen LogP contribution in [0.15, 0.2) is 53.7 Å². The number of hydrogen-bond acceptors (Lipinski definition) is 2. The number of anilines is 3. The van der Waals surface area contributed by atoms with Gasteiger partial charge >= 0.3 is 0 Å². The summed E-state index contributed by atoms with van der Waals surface area (Å²) in [7, 11) is 0. The van der Waals surface area contributed by atoms with Gasteiger partial charge in [-0.05, 0) is 69.4 Å². The zero-order chi connectivity index (χ0) is 20.0. The highest BCUT2D eigenvalue weighted by Crippen LogP contribution is 2.34. The van der Waals surface area contributed by atoms with Crippen molar-refractivity contribution in [1.82, 2.24) is 0 Å². The fourth-order valence-corrected chi connectivity index (χ4v) is 3.76. The van der Waals surface area contributed by atoms with Crippen molar-refractivity contribution in [3.8, 4) is 0 Å². The van der Waals surface area contributed by atoms with Gasteiger partial charge < -0.3 is 10.2 Å². The molecule has 27 heavy (non-hydrogen) atoms. The Morgan fingerprint density at radius 3 is 2.22 bits per heavy atom. The molecule has 0 amide bonds. The number of aryl methyl sites for hydroxylation is 1. The molecule has 0 aliphatic heterocycles. The molecule has 0 radical (unpaired) electrons. The number of hydrogen-bond donors (Lipinski definition) is 1. The van der Waals surface area contributed by atoms with E-state index in [0.29, 0.717) is 5.92 Å². The van der Waals surface area contributed by atoms with Gasteiger partial charge in [0.2, 0.25) is 0 Å². The van der Waals surface area contributed by atoms with Crippen molar-refractivity contribution < 1.29 is 0 Å². The lowest BCUT2D eigenvalue weighted by molar-refractivity contribution is 0.668. The standard InChI is InChI=1S/C25H36N2/c1-8-9-17-27(25(18(2)3)19(4)5)24-16-12-15-23(21(24)7)26-22-14-11-10-13-20(22)6/h10-16,18,26H,8-9,17H2,1-7H3. The summed E-state index contributed by atoms with van der Waals surface area (Å²) in [5.74, 6) is 0.499. The Hall–Kier alpha value is -2.22. The van der Waals surface area contributed by atoms with Gasteiger partial charge in [0.15, 0.2) is 0 Å². The van der Waals surface area contributed by atoms with Gasteiger partial charge in [0, 0.05) is 29.3 Å². The average Bonchev–Trinajstić information content (AvgIpc) is 2.61. The van der Waals surface area contributed by atoms with Crippen molar-refractivity contribution in [2.24, 2.45) is 5.92 Å². The molecule has 0 bridgehead atoms. The Morgan fingerprint density at radius 1 is 0.963 bits per heavy atom. The predicted octanol–water partition coefficient (Wildman–Crippen LogP) is 7.60. The van der Waals surface area contributed by atoms with Gasteiger partial charge in [0.25, 0.3) is 0 Å². The van der Waals surface area contributed by atoms with Crippen LogP contribution < -0.4 is 10.2 Å². The van der Waals surface area contributed by atoms with Crippen LogP contribution in [-0.4, -0.2) is 6.54 Å². The largest absolute Gasteiger partial charge is 0.355 e. The maximum atomic E-state index is 3.65. The lowest BCUT2D eigenvalue weighted by Gasteiger charge is -2.33. The molecule has 0 aliphatic rings. The Labute approximate surface area is 166 Å². The van der Waals surface area contributed by atoms with Gasteiger partial charge in [-0.2, -0.15) is 0 Å². The lowest BCUT2D eigenvalue weighted by atomic mass is 10.0. The van der Waals surface area contributed by atoms with Crippen molar-refractivity contribution in [2.75, 3.05) is 16.8 Å². The van der Waals surface area contributed by atoms with Crippen LogP contribution in [0.1, 0.15) is 58.6 Å². The number of para-hydroxylation sites is 1. The second-order valence-electron chi connectivity index (χ2n) is 7.93. The first kappa shape index (κ1) is 21.1. The molecule has 0 saturated heterocycles. The van der Waals surface area contributed by atoms with E-state index >= 15 is 0 Å². The lowest BCUT2D eigenvalue weighted by Crippen LogP contribution is -2.28. The summed E-state index contributed by atoms with van der Waals surface area (Å²) in [4.78, 5) is 2.54. The Morgan fingerprint density at radius 2 is 1.63 bits per heavy atom. The molecular formula is C25H36N2. The van der Waals surface area contributed by atoms with Crippen molar-refractivity contribution >= 4 is 17.1 Å². The van der Waals surface area contributed by atoms with E-state index < -0.39 is 0 Å². The Kier molecular flexibility index (Phi) is 7.53. The molecule has 2 heteroatoms. The average molecular weight is 365 g/mol. The molecule has 0 atom stereocenters. The highest BCUT2D eigenvalue weighted by molar-refractivity contribution is 5.73. The molecule has 0 aromatic heterocycles. The second kappa shape index (κ2) is 9.64. The molecule has 0 unspecified atom stereocenters. The molecule has 2 rings (SSSR count). The quantitative estimate of drug-likeness (QED) is 0.518. The van der Waals surface area contributed by atoms with Gasteiger partial charge in [-0.15, -0.1) is 0 Å². The van der Waals surface area contributed by atoms with Crippen LogP contribution in [-0.2, 0) is 0 Å². The summed E-state index contributed by atoms with van der Waals surface area (Å²) in [6, 6.07) is 15.1. The van der Waals surface area contributed by atoms with E-state index in [2.05, 4.69) is 101 Å². The Balaban J connectivity index is 2.48. The molecule has 1 N–H and O–H groups in total. The first-order chi connectivity index (χ1) is 12.9. The summed E-state index contributed by atoms with van der Waals surface area (Å²) >= 11 is 0. The molecular weight excluding hydrogens is 328 g/mol. The van der Waals surface area contributed by atoms with Crippen molar-refractivity contribution in [3.63, 3.8) is 0 Å². The fourth-order valence-electron chi connectivity index (χ4n) is 3.76. The summed E-state index contributed by atoms with van der Waals surface area (Å²) < 4.78 is 0. The van der Waals surface area contributed by atoms with Gasteiger partial charge in [0.1, 0.15) is 0 Å². The van der Waals surface area contributed by atoms with Gasteiger partial charge in [-0.3, -0.25) is 0 Å². The minimum atomic E-state index is 0.499. The number of nitrogens with zero attached hydrogens (tertiary/aromatic N) is 1. The van der Waals surface area contributed by atoms with E-state index in [1.54, 1.807) is 0 Å². The minimum absolute atomic E-state index is 0.499. The van der Waals surface area contributed by atoms with Crippen LogP contribution in [0.25, 0.3) is 0 Å². The van der Waals surface area contributed by atoms with Crippen molar-refractivity contribution in [1.29, 1.82) is 0 Å². The predicted molar refractivity (Wildman–Crippen MR) is 121 cm³/mol. The minimum Gasteiger partial charge on any atom is -0.355 e. The van der Waals surface area contributed by atoms with Gasteiger partial charge in [0.05, 0.1) is 0 Å². The van der Waals surface area contributed by atoms with Crippen LogP contribution in [0, 0.1) is 19.8 Å². The van der Waals surface area contributed by atoms with Crippen molar-refractivity contribution in [3.05, 3.63) is 64.9 Å². The van der Waals surface area contributed by atoms with E-state index in [1.807, 2.05) is 0 Å². The zero-order valence-corrected chi connectivity index (χ0v) is 18.2. The maximum absolute atomic E-state index is 3.65. The molecule has 0 aliphatic carbocycles. The molecule has 2 aromatic carbocycles. The number of allylic oxidation sites excluding steroid dienone is 2. The third-order valence-electron chi connectivity index (χ3n) is 5.10. The third kappa shape index (κ3) is 5.15. The number of nitrogens with one attached hydrogen (secondary N) is 1. The summed E-state index contributed by atoms with van der Waals surface area (Å²) in [5.41, 5.74) is 9.07. The summed E-state index contributed by atoms with van der Waals surface area (Å²) in [5, 5.41) is 3.65. The molecule has 146 valence electrons. The van der Waals surface area contributed by atoms with Crippen molar-refractivity contribution in [2.45, 2.75) is 61.3 Å². The highest BCUT2D eigenvalue weighted by atomic mass is 15.1.